The molecule has 1 aromatic carbocycles. The van der Waals surface area contributed by atoms with Crippen molar-refractivity contribution in [1.29, 1.82) is 0 Å². The van der Waals surface area contributed by atoms with Crippen molar-refractivity contribution in [3.8, 4) is 0 Å². The molecule has 0 aromatic heterocycles. The third-order valence-electron chi connectivity index (χ3n) is 3.75. The summed E-state index contributed by atoms with van der Waals surface area (Å²) < 4.78 is 13.2. The molecular formula is C13H17ClFNO. The van der Waals surface area contributed by atoms with Gasteiger partial charge in [0.05, 0.1) is 11.1 Å². The summed E-state index contributed by atoms with van der Waals surface area (Å²) in [6.07, 6.45) is 0.505. The molecular weight excluding hydrogens is 241 g/mol. The fourth-order valence-corrected chi connectivity index (χ4v) is 2.26. The van der Waals surface area contributed by atoms with E-state index in [1.54, 1.807) is 12.1 Å². The molecule has 0 saturated heterocycles. The Bertz CT molecular complexity index is 422. The molecule has 1 saturated carbocycles. The van der Waals surface area contributed by atoms with Gasteiger partial charge in [-0.05, 0) is 24.1 Å². The van der Waals surface area contributed by atoms with Gasteiger partial charge in [-0.25, -0.2) is 4.39 Å². The SMILES string of the molecule is CC1(C)C(O)CC1NCc1ccc(Cl)c(F)c1. The molecule has 0 bridgehead atoms. The van der Waals surface area contributed by atoms with Gasteiger partial charge in [-0.15, -0.1) is 0 Å². The van der Waals surface area contributed by atoms with Crippen LogP contribution in [0.1, 0.15) is 25.8 Å². The molecule has 2 N–H and O–H groups in total. The molecule has 1 aliphatic carbocycles. The average molecular weight is 258 g/mol. The van der Waals surface area contributed by atoms with Crippen LogP contribution in [0.15, 0.2) is 18.2 Å². The topological polar surface area (TPSA) is 32.3 Å². The molecule has 2 rings (SSSR count). The van der Waals surface area contributed by atoms with E-state index in [9.17, 15) is 9.50 Å². The molecule has 0 aliphatic heterocycles. The minimum Gasteiger partial charge on any atom is -0.392 e. The van der Waals surface area contributed by atoms with Gasteiger partial charge in [-0.3, -0.25) is 0 Å². The molecule has 0 spiro atoms. The lowest BCUT2D eigenvalue weighted by molar-refractivity contribution is -0.0729. The normalized spacial score (nSPS) is 26.6. The van der Waals surface area contributed by atoms with Crippen LogP contribution in [0.3, 0.4) is 0 Å². The van der Waals surface area contributed by atoms with Gasteiger partial charge in [0.25, 0.3) is 0 Å². The van der Waals surface area contributed by atoms with Crippen LogP contribution < -0.4 is 5.32 Å². The summed E-state index contributed by atoms with van der Waals surface area (Å²) in [5.41, 5.74) is 0.759. The van der Waals surface area contributed by atoms with E-state index in [2.05, 4.69) is 5.32 Å². The fraction of sp³-hybridized carbons (Fsp3) is 0.538. The zero-order valence-electron chi connectivity index (χ0n) is 10.0. The van der Waals surface area contributed by atoms with E-state index in [1.165, 1.54) is 6.07 Å². The van der Waals surface area contributed by atoms with Gasteiger partial charge in [0, 0.05) is 18.0 Å². The highest BCUT2D eigenvalue weighted by molar-refractivity contribution is 6.30. The van der Waals surface area contributed by atoms with Crippen LogP contribution in [0.2, 0.25) is 5.02 Å². The number of hydrogen-bond acceptors (Lipinski definition) is 2. The van der Waals surface area contributed by atoms with Crippen LogP contribution in [-0.2, 0) is 6.54 Å². The second-order valence-corrected chi connectivity index (χ2v) is 5.66. The molecule has 4 heteroatoms. The molecule has 0 radical (unpaired) electrons. The van der Waals surface area contributed by atoms with Crippen LogP contribution >= 0.6 is 11.6 Å². The Labute approximate surface area is 106 Å². The molecule has 2 atom stereocenters. The average Bonchev–Trinajstić information content (AvgIpc) is 2.28. The Balaban J connectivity index is 1.93. The minimum atomic E-state index is -0.390. The van der Waals surface area contributed by atoms with Crippen LogP contribution in [0.5, 0.6) is 0 Å². The lowest BCUT2D eigenvalue weighted by Crippen LogP contribution is -2.59. The molecule has 0 heterocycles. The van der Waals surface area contributed by atoms with Gasteiger partial charge in [0.15, 0.2) is 0 Å². The van der Waals surface area contributed by atoms with Gasteiger partial charge >= 0.3 is 0 Å². The maximum atomic E-state index is 13.2. The van der Waals surface area contributed by atoms with E-state index >= 15 is 0 Å². The first-order valence-corrected chi connectivity index (χ1v) is 6.14. The Hall–Kier alpha value is -0.640. The first-order chi connectivity index (χ1) is 7.91. The van der Waals surface area contributed by atoms with Crippen molar-refractivity contribution in [3.63, 3.8) is 0 Å². The summed E-state index contributed by atoms with van der Waals surface area (Å²) in [5.74, 6) is -0.390. The molecule has 2 unspecified atom stereocenters. The van der Waals surface area contributed by atoms with Crippen molar-refractivity contribution in [1.82, 2.24) is 5.32 Å². The Morgan fingerprint density at radius 3 is 2.76 bits per heavy atom. The number of benzene rings is 1. The second kappa shape index (κ2) is 4.56. The fourth-order valence-electron chi connectivity index (χ4n) is 2.14. The Kier molecular flexibility index (Phi) is 3.43. The molecule has 94 valence electrons. The first kappa shape index (κ1) is 12.8. The minimum absolute atomic E-state index is 0.106. The third-order valence-corrected chi connectivity index (χ3v) is 4.06. The lowest BCUT2D eigenvalue weighted by atomic mass is 9.64. The summed E-state index contributed by atoms with van der Waals surface area (Å²) >= 11 is 5.62. The van der Waals surface area contributed by atoms with E-state index < -0.39 is 0 Å². The highest BCUT2D eigenvalue weighted by Gasteiger charge is 2.46. The molecule has 2 nitrogen and oxygen atoms in total. The van der Waals surface area contributed by atoms with Gasteiger partial charge in [-0.1, -0.05) is 31.5 Å². The summed E-state index contributed by atoms with van der Waals surface area (Å²) in [6, 6.07) is 5.09. The second-order valence-electron chi connectivity index (χ2n) is 5.25. The monoisotopic (exact) mass is 257 g/mol. The Morgan fingerprint density at radius 1 is 1.53 bits per heavy atom. The highest BCUT2D eigenvalue weighted by atomic mass is 35.5. The summed E-state index contributed by atoms with van der Waals surface area (Å²) in [7, 11) is 0. The number of aliphatic hydroxyl groups excluding tert-OH is 1. The zero-order valence-corrected chi connectivity index (χ0v) is 10.8. The quantitative estimate of drug-likeness (QED) is 0.873. The summed E-state index contributed by atoms with van der Waals surface area (Å²) in [4.78, 5) is 0. The smallest absolute Gasteiger partial charge is 0.142 e. The van der Waals surface area contributed by atoms with Gasteiger partial charge < -0.3 is 10.4 Å². The van der Waals surface area contributed by atoms with E-state index in [1.807, 2.05) is 13.8 Å². The van der Waals surface area contributed by atoms with Crippen molar-refractivity contribution in [2.45, 2.75) is 39.0 Å². The molecule has 1 aliphatic rings. The number of halogens is 2. The summed E-state index contributed by atoms with van der Waals surface area (Å²) in [6.45, 7) is 4.65. The van der Waals surface area contributed by atoms with Gasteiger partial charge in [0.2, 0.25) is 0 Å². The van der Waals surface area contributed by atoms with E-state index in [0.29, 0.717) is 6.54 Å². The van der Waals surface area contributed by atoms with Crippen LogP contribution in [0.4, 0.5) is 4.39 Å². The number of hydrogen-bond donors (Lipinski definition) is 2. The van der Waals surface area contributed by atoms with Crippen molar-refractivity contribution in [3.05, 3.63) is 34.6 Å². The van der Waals surface area contributed by atoms with Gasteiger partial charge in [0.1, 0.15) is 5.82 Å². The molecule has 17 heavy (non-hydrogen) atoms. The van der Waals surface area contributed by atoms with E-state index in [-0.39, 0.29) is 28.4 Å². The van der Waals surface area contributed by atoms with E-state index in [4.69, 9.17) is 11.6 Å². The highest BCUT2D eigenvalue weighted by Crippen LogP contribution is 2.40. The van der Waals surface area contributed by atoms with Crippen LogP contribution in [0, 0.1) is 11.2 Å². The standard InChI is InChI=1S/C13H17ClFNO/c1-13(2)11(6-12(13)17)16-7-8-3-4-9(14)10(15)5-8/h3-5,11-12,16-17H,6-7H2,1-2H3. The largest absolute Gasteiger partial charge is 0.392 e. The third kappa shape index (κ3) is 2.46. The predicted molar refractivity (Wildman–Crippen MR) is 66.4 cm³/mol. The van der Waals surface area contributed by atoms with E-state index in [0.717, 1.165) is 12.0 Å². The first-order valence-electron chi connectivity index (χ1n) is 5.76. The maximum absolute atomic E-state index is 13.2. The van der Waals surface area contributed by atoms with Crippen LogP contribution in [-0.4, -0.2) is 17.3 Å². The number of rotatable bonds is 3. The Morgan fingerprint density at radius 2 is 2.24 bits per heavy atom. The predicted octanol–water partition coefficient (Wildman–Crippen LogP) is 2.73. The maximum Gasteiger partial charge on any atom is 0.142 e. The number of nitrogens with one attached hydrogen (secondary N) is 1. The van der Waals surface area contributed by atoms with Crippen molar-refractivity contribution < 1.29 is 9.50 Å². The van der Waals surface area contributed by atoms with Gasteiger partial charge in [-0.2, -0.15) is 0 Å². The molecule has 1 aromatic rings. The lowest BCUT2D eigenvalue weighted by Gasteiger charge is -2.49. The van der Waals surface area contributed by atoms with Crippen molar-refractivity contribution in [2.24, 2.45) is 5.41 Å². The van der Waals surface area contributed by atoms with Crippen molar-refractivity contribution >= 4 is 11.6 Å². The van der Waals surface area contributed by atoms with Crippen LogP contribution in [0.25, 0.3) is 0 Å². The zero-order chi connectivity index (χ0) is 12.6. The molecule has 1 fully saturated rings. The number of aliphatic hydroxyl groups is 1. The molecule has 0 amide bonds. The van der Waals surface area contributed by atoms with Crippen molar-refractivity contribution in [2.75, 3.05) is 0 Å². The summed E-state index contributed by atoms with van der Waals surface area (Å²) in [5, 5.41) is 13.1.